The van der Waals surface area contributed by atoms with E-state index in [1.54, 1.807) is 11.7 Å². The lowest BCUT2D eigenvalue weighted by atomic mass is 10.3. The number of carbonyl (C=O) groups excluding carboxylic acids is 1. The number of rotatable bonds is 2. The van der Waals surface area contributed by atoms with Crippen LogP contribution < -0.4 is 5.32 Å². The second-order valence-corrected chi connectivity index (χ2v) is 4.08. The lowest BCUT2D eigenvalue weighted by Crippen LogP contribution is -2.11. The third-order valence-electron chi connectivity index (χ3n) is 1.63. The molecule has 0 atom stereocenters. The summed E-state index contributed by atoms with van der Waals surface area (Å²) in [5, 5.41) is 13.8. The molecular formula is C6H5BrN6OS. The van der Waals surface area contributed by atoms with Crippen LogP contribution in [-0.4, -0.2) is 30.5 Å². The van der Waals surface area contributed by atoms with Gasteiger partial charge in [-0.2, -0.15) is 5.10 Å². The first kappa shape index (κ1) is 10.2. The van der Waals surface area contributed by atoms with Gasteiger partial charge in [-0.25, -0.2) is 0 Å². The summed E-state index contributed by atoms with van der Waals surface area (Å²) in [7, 11) is 1.73. The predicted molar refractivity (Wildman–Crippen MR) is 56.6 cm³/mol. The maximum Gasteiger partial charge on any atom is 0.261 e. The van der Waals surface area contributed by atoms with E-state index in [1.165, 1.54) is 6.20 Å². The van der Waals surface area contributed by atoms with Crippen molar-refractivity contribution in [3.63, 3.8) is 0 Å². The number of aromatic nitrogens is 5. The van der Waals surface area contributed by atoms with E-state index in [2.05, 4.69) is 41.1 Å². The normalized spacial score (nSPS) is 10.3. The topological polar surface area (TPSA) is 85.6 Å². The van der Waals surface area contributed by atoms with E-state index in [1.807, 2.05) is 0 Å². The van der Waals surface area contributed by atoms with Gasteiger partial charge in [-0.15, -0.1) is 0 Å². The molecule has 2 heterocycles. The zero-order valence-corrected chi connectivity index (χ0v) is 9.91. The van der Waals surface area contributed by atoms with Crippen LogP contribution >= 0.6 is 27.5 Å². The van der Waals surface area contributed by atoms with Crippen LogP contribution in [0.15, 0.2) is 10.8 Å². The first-order valence-corrected chi connectivity index (χ1v) is 5.39. The molecule has 0 aromatic carbocycles. The highest BCUT2D eigenvalue weighted by molar-refractivity contribution is 9.10. The van der Waals surface area contributed by atoms with Crippen LogP contribution in [0, 0.1) is 0 Å². The Morgan fingerprint density at radius 3 is 3.00 bits per heavy atom. The molecule has 0 bridgehead atoms. The molecule has 0 aliphatic carbocycles. The zero-order valence-electron chi connectivity index (χ0n) is 7.51. The number of carbonyl (C=O) groups is 1. The van der Waals surface area contributed by atoms with Crippen LogP contribution in [-0.2, 0) is 7.05 Å². The standard InChI is InChI=1S/C6H5BrN6OS/c1-13-4(7)3(2-8-13)5(14)9-6-10-11-12-15-6/h2H,1H3,(H,9,10,12,14). The van der Waals surface area contributed by atoms with Gasteiger partial charge in [-0.3, -0.25) is 14.8 Å². The molecule has 2 aromatic heterocycles. The Bertz CT molecular complexity index is 480. The highest BCUT2D eigenvalue weighted by Gasteiger charge is 2.15. The SMILES string of the molecule is Cn1ncc(C(=O)Nc2nnns2)c1Br. The van der Waals surface area contributed by atoms with Gasteiger partial charge in [0.05, 0.1) is 11.8 Å². The third-order valence-corrected chi connectivity index (χ3v) is 3.08. The van der Waals surface area contributed by atoms with Crippen LogP contribution in [0.5, 0.6) is 0 Å². The van der Waals surface area contributed by atoms with Crippen LogP contribution in [0.4, 0.5) is 5.13 Å². The van der Waals surface area contributed by atoms with Crippen molar-refractivity contribution >= 4 is 38.5 Å². The van der Waals surface area contributed by atoms with Crippen molar-refractivity contribution in [2.24, 2.45) is 7.05 Å². The number of hydrogen-bond donors (Lipinski definition) is 1. The van der Waals surface area contributed by atoms with E-state index in [0.717, 1.165) is 11.5 Å². The molecule has 7 nitrogen and oxygen atoms in total. The average molecular weight is 289 g/mol. The fourth-order valence-corrected chi connectivity index (χ4v) is 1.66. The van der Waals surface area contributed by atoms with E-state index < -0.39 is 0 Å². The van der Waals surface area contributed by atoms with Gasteiger partial charge in [0.1, 0.15) is 4.60 Å². The third kappa shape index (κ3) is 2.02. The number of nitrogens with one attached hydrogen (secondary N) is 1. The average Bonchev–Trinajstić information content (AvgIpc) is 2.79. The Kier molecular flexibility index (Phi) is 2.73. The maximum absolute atomic E-state index is 11.7. The first-order chi connectivity index (χ1) is 7.18. The molecule has 15 heavy (non-hydrogen) atoms. The van der Waals surface area contributed by atoms with Gasteiger partial charge in [-0.1, -0.05) is 9.59 Å². The largest absolute Gasteiger partial charge is 0.295 e. The Hall–Kier alpha value is -1.35. The monoisotopic (exact) mass is 288 g/mol. The van der Waals surface area contributed by atoms with Gasteiger partial charge in [0.25, 0.3) is 5.91 Å². The summed E-state index contributed by atoms with van der Waals surface area (Å²) >= 11 is 4.26. The molecule has 78 valence electrons. The molecule has 1 amide bonds. The number of halogens is 1. The van der Waals surface area contributed by atoms with E-state index >= 15 is 0 Å². The highest BCUT2D eigenvalue weighted by Crippen LogP contribution is 2.16. The Balaban J connectivity index is 2.19. The fourth-order valence-electron chi connectivity index (χ4n) is 0.921. The molecule has 0 unspecified atom stereocenters. The van der Waals surface area contributed by atoms with Gasteiger partial charge < -0.3 is 0 Å². The minimum absolute atomic E-state index is 0.298. The van der Waals surface area contributed by atoms with Gasteiger partial charge >= 0.3 is 0 Å². The molecule has 0 aliphatic heterocycles. The number of hydrogen-bond acceptors (Lipinski definition) is 6. The summed E-state index contributed by atoms with van der Waals surface area (Å²) < 4.78 is 5.69. The molecule has 0 saturated heterocycles. The summed E-state index contributed by atoms with van der Waals surface area (Å²) in [5.74, 6) is -0.298. The Labute approximate surface area is 96.8 Å². The Morgan fingerprint density at radius 2 is 2.47 bits per heavy atom. The Morgan fingerprint density at radius 1 is 1.67 bits per heavy atom. The van der Waals surface area contributed by atoms with Gasteiger partial charge in [-0.05, 0) is 21.1 Å². The second kappa shape index (κ2) is 4.03. The minimum Gasteiger partial charge on any atom is -0.295 e. The van der Waals surface area contributed by atoms with Crippen molar-refractivity contribution in [3.8, 4) is 0 Å². The van der Waals surface area contributed by atoms with Crippen molar-refractivity contribution in [3.05, 3.63) is 16.4 Å². The summed E-state index contributed by atoms with van der Waals surface area (Å²) in [6, 6.07) is 0. The van der Waals surface area contributed by atoms with Crippen molar-refractivity contribution in [1.29, 1.82) is 0 Å². The minimum atomic E-state index is -0.298. The quantitative estimate of drug-likeness (QED) is 0.878. The van der Waals surface area contributed by atoms with Crippen molar-refractivity contribution < 1.29 is 4.79 Å². The van der Waals surface area contributed by atoms with Gasteiger partial charge in [0.15, 0.2) is 0 Å². The van der Waals surface area contributed by atoms with Crippen LogP contribution in [0.3, 0.4) is 0 Å². The lowest BCUT2D eigenvalue weighted by Gasteiger charge is -1.98. The van der Waals surface area contributed by atoms with Crippen molar-refractivity contribution in [1.82, 2.24) is 24.6 Å². The van der Waals surface area contributed by atoms with Crippen LogP contribution in [0.25, 0.3) is 0 Å². The first-order valence-electron chi connectivity index (χ1n) is 3.82. The number of anilines is 1. The van der Waals surface area contributed by atoms with E-state index in [0.29, 0.717) is 15.3 Å². The van der Waals surface area contributed by atoms with E-state index in [4.69, 9.17) is 0 Å². The molecule has 9 heteroatoms. The lowest BCUT2D eigenvalue weighted by molar-refractivity contribution is 0.102. The second-order valence-electron chi connectivity index (χ2n) is 2.59. The molecular weight excluding hydrogens is 284 g/mol. The predicted octanol–water partition coefficient (Wildman–Crippen LogP) is 0.681. The molecule has 1 N–H and O–H groups in total. The van der Waals surface area contributed by atoms with Gasteiger partial charge in [0, 0.05) is 18.6 Å². The van der Waals surface area contributed by atoms with E-state index in [-0.39, 0.29) is 5.91 Å². The number of nitrogens with zero attached hydrogens (tertiary/aromatic N) is 5. The molecule has 0 saturated carbocycles. The summed E-state index contributed by atoms with van der Waals surface area (Å²) in [6.45, 7) is 0. The number of amides is 1. The molecule has 0 radical (unpaired) electrons. The van der Waals surface area contributed by atoms with E-state index in [9.17, 15) is 4.79 Å². The maximum atomic E-state index is 11.7. The molecule has 0 spiro atoms. The molecule has 0 aliphatic rings. The highest BCUT2D eigenvalue weighted by atomic mass is 79.9. The molecule has 2 rings (SSSR count). The molecule has 0 fully saturated rings. The van der Waals surface area contributed by atoms with Crippen LogP contribution in [0.1, 0.15) is 10.4 Å². The van der Waals surface area contributed by atoms with Crippen LogP contribution in [0.2, 0.25) is 0 Å². The van der Waals surface area contributed by atoms with Crippen molar-refractivity contribution in [2.45, 2.75) is 0 Å². The zero-order chi connectivity index (χ0) is 10.8. The smallest absolute Gasteiger partial charge is 0.261 e. The number of aryl methyl sites for hydroxylation is 1. The summed E-state index contributed by atoms with van der Waals surface area (Å²) in [6.07, 6.45) is 1.47. The van der Waals surface area contributed by atoms with Crippen molar-refractivity contribution in [2.75, 3.05) is 5.32 Å². The molecule has 2 aromatic rings. The fraction of sp³-hybridized carbons (Fsp3) is 0.167. The summed E-state index contributed by atoms with van der Waals surface area (Å²) in [4.78, 5) is 11.7. The summed E-state index contributed by atoms with van der Waals surface area (Å²) in [5.41, 5.74) is 0.438. The van der Waals surface area contributed by atoms with Gasteiger partial charge in [0.2, 0.25) is 5.13 Å².